The lowest BCUT2D eigenvalue weighted by molar-refractivity contribution is -0.167. The summed E-state index contributed by atoms with van der Waals surface area (Å²) >= 11 is 0. The van der Waals surface area contributed by atoms with Gasteiger partial charge >= 0.3 is 17.9 Å². The lowest BCUT2D eigenvalue weighted by Crippen LogP contribution is -2.30. The first-order valence-electron chi connectivity index (χ1n) is 34.3. The van der Waals surface area contributed by atoms with E-state index < -0.39 is 6.10 Å². The largest absolute Gasteiger partial charge is 0.462 e. The Labute approximate surface area is 474 Å². The number of carbonyl (C=O) groups is 3. The molecule has 0 bridgehead atoms. The van der Waals surface area contributed by atoms with Gasteiger partial charge in [-0.25, -0.2) is 0 Å². The van der Waals surface area contributed by atoms with Crippen LogP contribution in [0.5, 0.6) is 0 Å². The second-order valence-corrected chi connectivity index (χ2v) is 23.5. The third-order valence-electron chi connectivity index (χ3n) is 15.7. The summed E-state index contributed by atoms with van der Waals surface area (Å²) in [6.45, 7) is 6.66. The number of hydrogen-bond acceptors (Lipinski definition) is 6. The van der Waals surface area contributed by atoms with E-state index in [1.54, 1.807) is 0 Å². The van der Waals surface area contributed by atoms with Crippen LogP contribution in [0.1, 0.15) is 387 Å². The molecule has 0 aliphatic rings. The lowest BCUT2D eigenvalue weighted by Gasteiger charge is -2.18. The fourth-order valence-electron chi connectivity index (χ4n) is 10.5. The number of carbonyl (C=O) groups excluding carboxylic acids is 3. The summed E-state index contributed by atoms with van der Waals surface area (Å²) in [7, 11) is 0. The molecule has 1 unspecified atom stereocenters. The first-order valence-corrected chi connectivity index (χ1v) is 34.3. The highest BCUT2D eigenvalue weighted by atomic mass is 16.6. The summed E-state index contributed by atoms with van der Waals surface area (Å²) in [6.07, 6.45) is 79.5. The predicted molar refractivity (Wildman–Crippen MR) is 330 cm³/mol. The van der Waals surface area contributed by atoms with Crippen molar-refractivity contribution in [3.8, 4) is 0 Å². The molecule has 0 fully saturated rings. The van der Waals surface area contributed by atoms with Crippen LogP contribution in [0.25, 0.3) is 0 Å². The van der Waals surface area contributed by atoms with Crippen LogP contribution in [-0.4, -0.2) is 37.2 Å². The van der Waals surface area contributed by atoms with E-state index in [2.05, 4.69) is 45.1 Å². The Morgan fingerprint density at radius 1 is 0.263 bits per heavy atom. The topological polar surface area (TPSA) is 78.9 Å². The Morgan fingerprint density at radius 3 is 0.724 bits per heavy atom. The molecule has 0 aliphatic carbocycles. The molecule has 6 heteroatoms. The molecule has 1 atom stereocenters. The van der Waals surface area contributed by atoms with Crippen LogP contribution in [0.3, 0.4) is 0 Å². The molecule has 448 valence electrons. The molecular weight excluding hydrogens is 937 g/mol. The second kappa shape index (κ2) is 65.4. The number of hydrogen-bond donors (Lipinski definition) is 0. The zero-order valence-electron chi connectivity index (χ0n) is 51.6. The van der Waals surface area contributed by atoms with Gasteiger partial charge in [0.2, 0.25) is 0 Å². The number of allylic oxidation sites excluding steroid dienone is 4. The second-order valence-electron chi connectivity index (χ2n) is 23.5. The van der Waals surface area contributed by atoms with E-state index in [9.17, 15) is 14.4 Å². The SMILES string of the molecule is CCCCCCC/C=C\C/C=C\CCCCCCCCCCCCCC(=O)OC(COC(=O)CCCCCCCCC)COC(=O)CCCCCCCCCCCCCCCCCCCCCCCCCCCCCC. The van der Waals surface area contributed by atoms with Crippen molar-refractivity contribution in [3.63, 3.8) is 0 Å². The van der Waals surface area contributed by atoms with Gasteiger partial charge in [0.1, 0.15) is 13.2 Å². The molecule has 0 amide bonds. The minimum absolute atomic E-state index is 0.0664. The van der Waals surface area contributed by atoms with Crippen molar-refractivity contribution in [2.75, 3.05) is 13.2 Å². The van der Waals surface area contributed by atoms with Crippen LogP contribution >= 0.6 is 0 Å². The van der Waals surface area contributed by atoms with Crippen LogP contribution in [0.4, 0.5) is 0 Å². The van der Waals surface area contributed by atoms with E-state index in [0.717, 1.165) is 64.2 Å². The Balaban J connectivity index is 4.02. The average Bonchev–Trinajstić information content (AvgIpc) is 3.42. The first kappa shape index (κ1) is 73.9. The third-order valence-corrected chi connectivity index (χ3v) is 15.7. The quantitative estimate of drug-likeness (QED) is 0.0261. The van der Waals surface area contributed by atoms with Gasteiger partial charge in [-0.3, -0.25) is 14.4 Å². The number of unbranched alkanes of at least 4 members (excludes halogenated alkanes) is 49. The number of rotatable bonds is 64. The zero-order valence-corrected chi connectivity index (χ0v) is 51.6. The molecule has 6 nitrogen and oxygen atoms in total. The molecule has 0 aromatic heterocycles. The highest BCUT2D eigenvalue weighted by Gasteiger charge is 2.19. The van der Waals surface area contributed by atoms with E-state index in [0.29, 0.717) is 19.3 Å². The van der Waals surface area contributed by atoms with E-state index in [4.69, 9.17) is 14.2 Å². The monoisotopic (exact) mass is 1070 g/mol. The van der Waals surface area contributed by atoms with Gasteiger partial charge in [0.05, 0.1) is 0 Å². The molecule has 76 heavy (non-hydrogen) atoms. The van der Waals surface area contributed by atoms with Crippen LogP contribution in [0, 0.1) is 0 Å². The lowest BCUT2D eigenvalue weighted by atomic mass is 10.0. The highest BCUT2D eigenvalue weighted by molar-refractivity contribution is 5.71. The normalized spacial score (nSPS) is 12.1. The van der Waals surface area contributed by atoms with Gasteiger partial charge in [-0.2, -0.15) is 0 Å². The molecular formula is C70H132O6. The predicted octanol–water partition coefficient (Wildman–Crippen LogP) is 23.4. The van der Waals surface area contributed by atoms with Crippen molar-refractivity contribution in [1.29, 1.82) is 0 Å². The Kier molecular flexibility index (Phi) is 63.6. The molecule has 0 aliphatic heterocycles. The van der Waals surface area contributed by atoms with E-state index in [1.165, 1.54) is 283 Å². The van der Waals surface area contributed by atoms with Crippen molar-refractivity contribution in [3.05, 3.63) is 24.3 Å². The fourth-order valence-corrected chi connectivity index (χ4v) is 10.5. The van der Waals surface area contributed by atoms with Gasteiger partial charge in [0.15, 0.2) is 6.10 Å². The van der Waals surface area contributed by atoms with E-state index >= 15 is 0 Å². The molecule has 0 heterocycles. The van der Waals surface area contributed by atoms with Crippen molar-refractivity contribution in [2.45, 2.75) is 393 Å². The fraction of sp³-hybridized carbons (Fsp3) is 0.900. The Bertz CT molecular complexity index is 1230. The maximum atomic E-state index is 12.9. The molecule has 0 saturated carbocycles. The summed E-state index contributed by atoms with van der Waals surface area (Å²) in [4.78, 5) is 38.1. The van der Waals surface area contributed by atoms with Crippen LogP contribution in [0.15, 0.2) is 24.3 Å². The minimum atomic E-state index is -0.767. The molecule has 0 rings (SSSR count). The smallest absolute Gasteiger partial charge is 0.306 e. The highest BCUT2D eigenvalue weighted by Crippen LogP contribution is 2.19. The Hall–Kier alpha value is -2.11. The van der Waals surface area contributed by atoms with Crippen LogP contribution < -0.4 is 0 Å². The van der Waals surface area contributed by atoms with E-state index in [1.807, 2.05) is 0 Å². The number of esters is 3. The van der Waals surface area contributed by atoms with Crippen LogP contribution in [-0.2, 0) is 28.6 Å². The van der Waals surface area contributed by atoms with Gasteiger partial charge in [-0.15, -0.1) is 0 Å². The summed E-state index contributed by atoms with van der Waals surface area (Å²) in [5.74, 6) is -0.849. The number of ether oxygens (including phenoxy) is 3. The Morgan fingerprint density at radius 2 is 0.474 bits per heavy atom. The van der Waals surface area contributed by atoms with E-state index in [-0.39, 0.29) is 31.1 Å². The van der Waals surface area contributed by atoms with Gasteiger partial charge in [-0.05, 0) is 51.4 Å². The average molecular weight is 1070 g/mol. The molecule has 0 aromatic carbocycles. The van der Waals surface area contributed by atoms with Gasteiger partial charge in [-0.1, -0.05) is 340 Å². The van der Waals surface area contributed by atoms with Crippen molar-refractivity contribution in [2.24, 2.45) is 0 Å². The third kappa shape index (κ3) is 62.7. The molecule has 0 saturated heterocycles. The summed E-state index contributed by atoms with van der Waals surface area (Å²) in [5.41, 5.74) is 0. The van der Waals surface area contributed by atoms with Crippen molar-refractivity contribution in [1.82, 2.24) is 0 Å². The maximum absolute atomic E-state index is 12.9. The standard InChI is InChI=1S/C70H132O6/c1-4-7-10-13-16-18-20-22-24-26-28-30-32-33-34-35-36-38-39-41-43-45-47-49-51-54-57-60-63-69(72)75-66-67(65-74-68(71)62-59-56-53-15-12-9-6-3)76-70(73)64-61-58-55-52-50-48-46-44-42-40-37-31-29-27-25-23-21-19-17-14-11-8-5-2/h21,23,27,29,67H,4-20,22,24-26,28,30-66H2,1-3H3/b23-21-,29-27-. The minimum Gasteiger partial charge on any atom is -0.462 e. The zero-order chi connectivity index (χ0) is 55.0. The summed E-state index contributed by atoms with van der Waals surface area (Å²) < 4.78 is 16.9. The van der Waals surface area contributed by atoms with Gasteiger partial charge in [0, 0.05) is 19.3 Å². The van der Waals surface area contributed by atoms with Crippen molar-refractivity contribution < 1.29 is 28.6 Å². The molecule has 0 aromatic rings. The summed E-state index contributed by atoms with van der Waals surface area (Å²) in [6, 6.07) is 0. The van der Waals surface area contributed by atoms with Gasteiger partial charge < -0.3 is 14.2 Å². The molecule has 0 radical (unpaired) electrons. The maximum Gasteiger partial charge on any atom is 0.306 e. The first-order chi connectivity index (χ1) is 37.5. The summed E-state index contributed by atoms with van der Waals surface area (Å²) in [5, 5.41) is 0. The molecule has 0 spiro atoms. The van der Waals surface area contributed by atoms with Gasteiger partial charge in [0.25, 0.3) is 0 Å². The van der Waals surface area contributed by atoms with Crippen molar-refractivity contribution >= 4 is 17.9 Å². The molecule has 0 N–H and O–H groups in total. The van der Waals surface area contributed by atoms with Crippen LogP contribution in [0.2, 0.25) is 0 Å².